The van der Waals surface area contributed by atoms with Crippen molar-refractivity contribution in [1.82, 2.24) is 19.4 Å². The molecule has 0 saturated carbocycles. The average Bonchev–Trinajstić information content (AvgIpc) is 3.01. The van der Waals surface area contributed by atoms with Crippen molar-refractivity contribution in [2.75, 3.05) is 56.6 Å². The second-order valence-corrected chi connectivity index (χ2v) is 14.9. The van der Waals surface area contributed by atoms with Crippen LogP contribution >= 0.6 is 35.0 Å². The molecule has 3 aromatic rings. The van der Waals surface area contributed by atoms with Crippen molar-refractivity contribution >= 4 is 57.6 Å². The molecule has 8 nitrogen and oxygen atoms in total. The van der Waals surface area contributed by atoms with E-state index >= 15 is 4.39 Å². The summed E-state index contributed by atoms with van der Waals surface area (Å²) in [4.78, 5) is 38.2. The van der Waals surface area contributed by atoms with Crippen LogP contribution in [0.25, 0.3) is 22.0 Å². The molecule has 0 N–H and O–H groups in total. The SMILES string of the molecule is C=CC(=O)N1C[C@H](C)N(c2nc(=O)n3c4c(c(-c5cc(Cl)c(F)cc5F)c(Cl)cc24)SC[C@@H]3CN2CCC3(CC2)COC3)C[C@H]1C. The molecular weight excluding hydrogens is 655 g/mol. The van der Waals surface area contributed by atoms with Crippen LogP contribution in [0.4, 0.5) is 14.6 Å². The first-order chi connectivity index (χ1) is 22.0. The zero-order valence-corrected chi connectivity index (χ0v) is 28.0. The monoisotopic (exact) mass is 689 g/mol. The number of carbonyl (C=O) groups is 1. The van der Waals surface area contributed by atoms with Crippen LogP contribution < -0.4 is 10.6 Å². The highest BCUT2D eigenvalue weighted by Crippen LogP contribution is 2.49. The summed E-state index contributed by atoms with van der Waals surface area (Å²) in [5, 5.41) is 0.690. The van der Waals surface area contributed by atoms with Crippen LogP contribution in [0.5, 0.6) is 0 Å². The van der Waals surface area contributed by atoms with Gasteiger partial charge in [0.05, 0.1) is 34.8 Å². The van der Waals surface area contributed by atoms with Crippen molar-refractivity contribution in [3.8, 4) is 11.1 Å². The Balaban J connectivity index is 1.36. The number of rotatable bonds is 5. The van der Waals surface area contributed by atoms with Gasteiger partial charge in [0.2, 0.25) is 5.91 Å². The molecule has 4 aliphatic rings. The Morgan fingerprint density at radius 2 is 1.85 bits per heavy atom. The fourth-order valence-corrected chi connectivity index (χ4v) is 9.26. The van der Waals surface area contributed by atoms with Crippen molar-refractivity contribution < 1.29 is 18.3 Å². The number of carbonyl (C=O) groups excluding carboxylic acids is 1. The van der Waals surface area contributed by atoms with Crippen molar-refractivity contribution in [3.05, 3.63) is 63.0 Å². The van der Waals surface area contributed by atoms with E-state index in [0.717, 1.165) is 45.2 Å². The smallest absolute Gasteiger partial charge is 0.350 e. The fraction of sp³-hybridized carbons (Fsp3) is 0.485. The maximum atomic E-state index is 15.4. The van der Waals surface area contributed by atoms with E-state index in [0.29, 0.717) is 52.6 Å². The summed E-state index contributed by atoms with van der Waals surface area (Å²) in [5.41, 5.74) is 0.957. The van der Waals surface area contributed by atoms with Gasteiger partial charge in [0, 0.05) is 70.4 Å². The Morgan fingerprint density at radius 1 is 1.11 bits per heavy atom. The van der Waals surface area contributed by atoms with E-state index in [4.69, 9.17) is 27.9 Å². The number of anilines is 1. The number of benzene rings is 2. The number of piperidine rings is 1. The van der Waals surface area contributed by atoms with Crippen LogP contribution in [0.15, 0.2) is 40.5 Å². The molecule has 1 spiro atoms. The topological polar surface area (TPSA) is 70.9 Å². The lowest BCUT2D eigenvalue weighted by atomic mass is 9.77. The van der Waals surface area contributed by atoms with Crippen molar-refractivity contribution in [3.63, 3.8) is 0 Å². The first-order valence-electron chi connectivity index (χ1n) is 15.6. The molecule has 1 aromatic heterocycles. The van der Waals surface area contributed by atoms with Gasteiger partial charge in [0.25, 0.3) is 0 Å². The lowest BCUT2D eigenvalue weighted by Crippen LogP contribution is -2.58. The van der Waals surface area contributed by atoms with E-state index in [1.165, 1.54) is 23.9 Å². The van der Waals surface area contributed by atoms with E-state index in [1.807, 2.05) is 18.7 Å². The van der Waals surface area contributed by atoms with Crippen molar-refractivity contribution in [2.45, 2.75) is 49.7 Å². The summed E-state index contributed by atoms with van der Waals surface area (Å²) in [7, 11) is 0. The predicted molar refractivity (Wildman–Crippen MR) is 178 cm³/mol. The summed E-state index contributed by atoms with van der Waals surface area (Å²) in [6.45, 7) is 12.6. The molecule has 0 radical (unpaired) electrons. The van der Waals surface area contributed by atoms with Gasteiger partial charge in [-0.2, -0.15) is 4.98 Å². The lowest BCUT2D eigenvalue weighted by Gasteiger charge is -2.48. The normalized spacial score (nSPS) is 24.3. The minimum atomic E-state index is -0.862. The molecule has 3 fully saturated rings. The third-order valence-electron chi connectivity index (χ3n) is 10.1. The molecule has 13 heteroatoms. The Hall–Kier alpha value is -2.70. The lowest BCUT2D eigenvalue weighted by molar-refractivity contribution is -0.140. The highest BCUT2D eigenvalue weighted by atomic mass is 35.5. The molecule has 0 aliphatic carbocycles. The van der Waals surface area contributed by atoms with Gasteiger partial charge >= 0.3 is 5.69 Å². The maximum Gasteiger partial charge on any atom is 0.350 e. The minimum absolute atomic E-state index is 0.0687. The van der Waals surface area contributed by atoms with Gasteiger partial charge in [-0.3, -0.25) is 9.36 Å². The number of aromatic nitrogens is 2. The Kier molecular flexibility index (Phi) is 8.37. The first-order valence-corrected chi connectivity index (χ1v) is 17.3. The van der Waals surface area contributed by atoms with Gasteiger partial charge in [0.15, 0.2) is 0 Å². The van der Waals surface area contributed by atoms with Crippen LogP contribution in [-0.4, -0.2) is 89.0 Å². The number of hydrogen-bond acceptors (Lipinski definition) is 7. The number of nitrogens with zero attached hydrogens (tertiary/aromatic N) is 5. The molecule has 0 bridgehead atoms. The number of halogens is 4. The molecule has 3 atom stereocenters. The molecule has 5 heterocycles. The molecule has 3 saturated heterocycles. The summed E-state index contributed by atoms with van der Waals surface area (Å²) >= 11 is 14.6. The van der Waals surface area contributed by atoms with Gasteiger partial charge < -0.3 is 19.4 Å². The zero-order chi connectivity index (χ0) is 32.5. The molecule has 0 unspecified atom stereocenters. The molecule has 2 aromatic carbocycles. The second-order valence-electron chi connectivity index (χ2n) is 13.1. The van der Waals surface area contributed by atoms with Crippen LogP contribution in [0, 0.1) is 17.0 Å². The van der Waals surface area contributed by atoms with Gasteiger partial charge in [-0.25, -0.2) is 13.6 Å². The van der Waals surface area contributed by atoms with Crippen molar-refractivity contribution in [2.24, 2.45) is 5.41 Å². The van der Waals surface area contributed by atoms with Crippen LogP contribution in [0.1, 0.15) is 32.7 Å². The number of hydrogen-bond donors (Lipinski definition) is 0. The number of piperazine rings is 1. The minimum Gasteiger partial charge on any atom is -0.380 e. The van der Waals surface area contributed by atoms with Crippen LogP contribution in [-0.2, 0) is 9.53 Å². The standard InChI is InChI=1S/C33H35Cl2F2N5O3S/c1-4-27(43)40-12-19(3)41(13-18(40)2)31-22-10-24(35)28(21-9-23(34)26(37)11-25(21)36)30-29(22)42(32(44)38-31)20(15-46-30)14-39-7-5-33(6-8-39)16-45-17-33/h4,9-11,18-20H,1,5-8,12-17H2,2-3H3/t18-,19+,20+/m1/s1. The predicted octanol–water partition coefficient (Wildman–Crippen LogP) is 6.02. The third kappa shape index (κ3) is 5.32. The molecule has 46 heavy (non-hydrogen) atoms. The molecule has 244 valence electrons. The highest BCUT2D eigenvalue weighted by molar-refractivity contribution is 7.99. The van der Waals surface area contributed by atoms with Crippen LogP contribution in [0.2, 0.25) is 10.0 Å². The van der Waals surface area contributed by atoms with E-state index in [-0.39, 0.29) is 45.1 Å². The maximum absolute atomic E-state index is 15.4. The molecular formula is C33H35Cl2F2N5O3S. The van der Waals surface area contributed by atoms with Gasteiger partial charge in [-0.1, -0.05) is 29.8 Å². The highest BCUT2D eigenvalue weighted by Gasteiger charge is 2.42. The number of ether oxygens (including phenoxy) is 1. The van der Waals surface area contributed by atoms with E-state index in [2.05, 4.69) is 16.5 Å². The fourth-order valence-electron chi connectivity index (χ4n) is 7.41. The summed E-state index contributed by atoms with van der Waals surface area (Å²) in [5.74, 6) is -0.784. The van der Waals surface area contributed by atoms with Crippen LogP contribution in [0.3, 0.4) is 0 Å². The Morgan fingerprint density at radius 3 is 2.52 bits per heavy atom. The van der Waals surface area contributed by atoms with E-state index in [9.17, 15) is 14.0 Å². The summed E-state index contributed by atoms with van der Waals surface area (Å²) in [6.07, 6.45) is 3.44. The Bertz CT molecular complexity index is 1810. The van der Waals surface area contributed by atoms with Gasteiger partial charge in [0.1, 0.15) is 17.5 Å². The van der Waals surface area contributed by atoms with E-state index in [1.54, 1.807) is 15.5 Å². The zero-order valence-electron chi connectivity index (χ0n) is 25.7. The number of thioether (sulfide) groups is 1. The number of amides is 1. The van der Waals surface area contributed by atoms with Gasteiger partial charge in [-0.15, -0.1) is 11.8 Å². The molecule has 7 rings (SSSR count). The third-order valence-corrected chi connectivity index (χ3v) is 11.9. The Labute approximate surface area is 280 Å². The quantitative estimate of drug-likeness (QED) is 0.240. The second kappa shape index (κ2) is 12.1. The molecule has 1 amide bonds. The first kappa shape index (κ1) is 31.9. The van der Waals surface area contributed by atoms with Crippen molar-refractivity contribution in [1.29, 1.82) is 0 Å². The summed E-state index contributed by atoms with van der Waals surface area (Å²) in [6, 6.07) is 3.23. The van der Waals surface area contributed by atoms with E-state index < -0.39 is 17.3 Å². The van der Waals surface area contributed by atoms with Gasteiger partial charge in [-0.05, 0) is 58.0 Å². The summed E-state index contributed by atoms with van der Waals surface area (Å²) < 4.78 is 36.8. The molecule has 4 aliphatic heterocycles. The average molecular weight is 691 g/mol. The largest absolute Gasteiger partial charge is 0.380 e. The number of likely N-dealkylation sites (tertiary alicyclic amines) is 1.